The second-order valence-electron chi connectivity index (χ2n) is 5.35. The number of hydrogen-bond acceptors (Lipinski definition) is 2. The van der Waals surface area contributed by atoms with Crippen LogP contribution in [-0.4, -0.2) is 12.6 Å². The fourth-order valence-corrected chi connectivity index (χ4v) is 2.89. The molecular formula is C18H21IO2. The number of halogens is 1. The Balaban J connectivity index is 2.15. The van der Waals surface area contributed by atoms with Gasteiger partial charge in [-0.3, -0.25) is 0 Å². The molecule has 112 valence electrons. The predicted molar refractivity (Wildman–Crippen MR) is 93.3 cm³/mol. The van der Waals surface area contributed by atoms with Crippen molar-refractivity contribution in [3.8, 4) is 11.8 Å². The Morgan fingerprint density at radius 1 is 1.00 bits per heavy atom. The molecule has 3 heteroatoms. The highest BCUT2D eigenvalue weighted by atomic mass is 127. The zero-order valence-corrected chi connectivity index (χ0v) is 14.4. The van der Waals surface area contributed by atoms with Crippen molar-refractivity contribution >= 4 is 28.6 Å². The van der Waals surface area contributed by atoms with Gasteiger partial charge in [0.1, 0.15) is 0 Å². The highest BCUT2D eigenvalue weighted by Crippen LogP contribution is 2.16. The highest BCUT2D eigenvalue weighted by molar-refractivity contribution is 14.1. The number of cyclic esters (lactones) is 1. The van der Waals surface area contributed by atoms with E-state index in [-0.39, 0.29) is 5.97 Å². The molecule has 0 saturated carbocycles. The fraction of sp³-hybridized carbons (Fsp3) is 0.500. The average molecular weight is 396 g/mol. The Hall–Kier alpha value is -1.02. The molecule has 0 bridgehead atoms. The molecule has 1 aliphatic heterocycles. The van der Waals surface area contributed by atoms with Crippen LogP contribution in [0.3, 0.4) is 0 Å². The molecule has 0 atom stereocenters. The van der Waals surface area contributed by atoms with Crippen LogP contribution in [-0.2, 0) is 4.74 Å². The molecular weight excluding hydrogens is 375 g/mol. The minimum Gasteiger partial charge on any atom is -0.462 e. The highest BCUT2D eigenvalue weighted by Gasteiger charge is 2.12. The Labute approximate surface area is 140 Å². The van der Waals surface area contributed by atoms with E-state index in [1.165, 1.54) is 25.7 Å². The van der Waals surface area contributed by atoms with E-state index in [4.69, 9.17) is 4.74 Å². The van der Waals surface area contributed by atoms with Crippen LogP contribution in [0.25, 0.3) is 0 Å². The molecule has 0 aromatic heterocycles. The van der Waals surface area contributed by atoms with Crippen LogP contribution < -0.4 is 0 Å². The summed E-state index contributed by atoms with van der Waals surface area (Å²) < 4.78 is 6.42. The third-order valence-corrected chi connectivity index (χ3v) is 4.27. The minimum atomic E-state index is -0.243. The first-order valence-corrected chi connectivity index (χ1v) is 8.81. The molecule has 0 spiro atoms. The normalized spacial score (nSPS) is 17.5. The lowest BCUT2D eigenvalue weighted by Crippen LogP contribution is -2.09. The van der Waals surface area contributed by atoms with Crippen LogP contribution in [0.2, 0.25) is 0 Å². The van der Waals surface area contributed by atoms with Gasteiger partial charge in [0, 0.05) is 15.6 Å². The molecule has 1 aromatic rings. The summed E-state index contributed by atoms with van der Waals surface area (Å²) in [4.78, 5) is 12.2. The number of carbonyl (C=O) groups excluding carboxylic acids is 1. The van der Waals surface area contributed by atoms with E-state index in [0.29, 0.717) is 12.2 Å². The van der Waals surface area contributed by atoms with Gasteiger partial charge in [0.2, 0.25) is 0 Å². The number of fused-ring (bicyclic) bond motifs is 1. The first kappa shape index (κ1) is 16.4. The van der Waals surface area contributed by atoms with E-state index in [9.17, 15) is 4.79 Å². The van der Waals surface area contributed by atoms with E-state index < -0.39 is 0 Å². The van der Waals surface area contributed by atoms with Gasteiger partial charge in [-0.25, -0.2) is 4.79 Å². The zero-order chi connectivity index (χ0) is 14.9. The summed E-state index contributed by atoms with van der Waals surface area (Å²) in [5.74, 6) is 6.08. The van der Waals surface area contributed by atoms with Crippen molar-refractivity contribution in [2.45, 2.75) is 51.4 Å². The first-order chi connectivity index (χ1) is 10.3. The molecule has 0 radical (unpaired) electrons. The smallest absolute Gasteiger partial charge is 0.339 e. The summed E-state index contributed by atoms with van der Waals surface area (Å²) in [6.07, 6.45) is 9.20. The largest absolute Gasteiger partial charge is 0.462 e. The molecule has 1 heterocycles. The van der Waals surface area contributed by atoms with Crippen LogP contribution in [0, 0.1) is 15.4 Å². The van der Waals surface area contributed by atoms with Crippen molar-refractivity contribution < 1.29 is 9.53 Å². The van der Waals surface area contributed by atoms with Crippen molar-refractivity contribution in [1.82, 2.24) is 0 Å². The van der Waals surface area contributed by atoms with Crippen molar-refractivity contribution in [2.24, 2.45) is 0 Å². The molecule has 1 aromatic carbocycles. The predicted octanol–water partition coefficient (Wildman–Crippen LogP) is 4.93. The zero-order valence-electron chi connectivity index (χ0n) is 12.3. The summed E-state index contributed by atoms with van der Waals surface area (Å²) in [5, 5.41) is 0. The summed E-state index contributed by atoms with van der Waals surface area (Å²) in [5.41, 5.74) is 1.39. The van der Waals surface area contributed by atoms with Crippen molar-refractivity contribution in [1.29, 1.82) is 0 Å². The van der Waals surface area contributed by atoms with Gasteiger partial charge in [-0.05, 0) is 53.6 Å². The third-order valence-electron chi connectivity index (χ3n) is 3.60. The number of benzene rings is 1. The van der Waals surface area contributed by atoms with Gasteiger partial charge < -0.3 is 4.74 Å². The Morgan fingerprint density at radius 2 is 1.71 bits per heavy atom. The summed E-state index contributed by atoms with van der Waals surface area (Å²) >= 11 is 2.21. The molecule has 0 saturated heterocycles. The van der Waals surface area contributed by atoms with E-state index in [0.717, 1.165) is 34.8 Å². The maximum atomic E-state index is 12.2. The number of rotatable bonds is 0. The van der Waals surface area contributed by atoms with Gasteiger partial charge in [-0.2, -0.15) is 0 Å². The molecule has 1 aliphatic rings. The number of carbonyl (C=O) groups is 1. The Kier molecular flexibility index (Phi) is 7.08. The molecule has 0 fully saturated rings. The van der Waals surface area contributed by atoms with Gasteiger partial charge in [0.05, 0.1) is 12.2 Å². The lowest BCUT2D eigenvalue weighted by Gasteiger charge is -2.07. The summed E-state index contributed by atoms with van der Waals surface area (Å²) in [6.45, 7) is 0.511. The van der Waals surface area contributed by atoms with Gasteiger partial charge in [-0.15, -0.1) is 0 Å². The molecule has 21 heavy (non-hydrogen) atoms. The van der Waals surface area contributed by atoms with E-state index in [1.54, 1.807) is 0 Å². The van der Waals surface area contributed by atoms with E-state index in [1.807, 2.05) is 18.2 Å². The fourth-order valence-electron chi connectivity index (χ4n) is 2.39. The molecule has 2 nitrogen and oxygen atoms in total. The van der Waals surface area contributed by atoms with Crippen molar-refractivity contribution in [3.05, 3.63) is 32.9 Å². The Morgan fingerprint density at radius 3 is 2.52 bits per heavy atom. The monoisotopic (exact) mass is 396 g/mol. The number of hydrogen-bond donors (Lipinski definition) is 0. The quantitative estimate of drug-likeness (QED) is 0.353. The van der Waals surface area contributed by atoms with Gasteiger partial charge in [0.25, 0.3) is 0 Å². The van der Waals surface area contributed by atoms with Gasteiger partial charge in [-0.1, -0.05) is 43.9 Å². The first-order valence-electron chi connectivity index (χ1n) is 7.73. The third kappa shape index (κ3) is 5.70. The summed E-state index contributed by atoms with van der Waals surface area (Å²) in [6, 6.07) is 5.77. The van der Waals surface area contributed by atoms with Crippen molar-refractivity contribution in [2.75, 3.05) is 6.61 Å². The SMILES string of the molecule is O=C1OCCCCCCCCCC#Cc2ccc(I)cc21. The molecule has 0 aliphatic carbocycles. The maximum absolute atomic E-state index is 12.2. The second kappa shape index (κ2) is 9.09. The van der Waals surface area contributed by atoms with Gasteiger partial charge in [0.15, 0.2) is 0 Å². The minimum absolute atomic E-state index is 0.243. The second-order valence-corrected chi connectivity index (χ2v) is 6.60. The lowest BCUT2D eigenvalue weighted by molar-refractivity contribution is 0.0497. The number of esters is 1. The van der Waals surface area contributed by atoms with Crippen LogP contribution in [0.1, 0.15) is 67.3 Å². The van der Waals surface area contributed by atoms with Crippen LogP contribution in [0.4, 0.5) is 0 Å². The topological polar surface area (TPSA) is 26.3 Å². The molecule has 0 N–H and O–H groups in total. The summed E-state index contributed by atoms with van der Waals surface area (Å²) in [7, 11) is 0. The maximum Gasteiger partial charge on any atom is 0.339 e. The van der Waals surface area contributed by atoms with E-state index in [2.05, 4.69) is 34.4 Å². The Bertz CT molecular complexity index is 540. The van der Waals surface area contributed by atoms with Crippen LogP contribution in [0.15, 0.2) is 18.2 Å². The van der Waals surface area contributed by atoms with Crippen LogP contribution >= 0.6 is 22.6 Å². The molecule has 0 amide bonds. The molecule has 0 unspecified atom stereocenters. The van der Waals surface area contributed by atoms with Crippen LogP contribution in [0.5, 0.6) is 0 Å². The van der Waals surface area contributed by atoms with E-state index >= 15 is 0 Å². The number of ether oxygens (including phenoxy) is 1. The van der Waals surface area contributed by atoms with Gasteiger partial charge >= 0.3 is 5.97 Å². The average Bonchev–Trinajstić information content (AvgIpc) is 2.49. The molecule has 2 rings (SSSR count). The lowest BCUT2D eigenvalue weighted by atomic mass is 10.1. The standard InChI is InChI=1S/C18H21IO2/c19-16-12-11-15-10-8-6-4-2-1-3-5-7-9-13-21-18(20)17(15)14-16/h11-12,14H,1-7,9,13H2. The van der Waals surface area contributed by atoms with Crippen molar-refractivity contribution in [3.63, 3.8) is 0 Å².